The Morgan fingerprint density at radius 2 is 1.71 bits per heavy atom. The molecule has 0 radical (unpaired) electrons. The number of methoxy groups -OCH3 is 1. The fourth-order valence-electron chi connectivity index (χ4n) is 1.96. The number of halogens is 2. The van der Waals surface area contributed by atoms with Crippen LogP contribution < -0.4 is 14.8 Å². The van der Waals surface area contributed by atoms with Crippen LogP contribution in [0.25, 0.3) is 0 Å². The molecule has 21 heavy (non-hydrogen) atoms. The zero-order valence-corrected chi connectivity index (χ0v) is 13.5. The molecular formula is C16H17Cl2NO2. The molecule has 0 unspecified atom stereocenters. The summed E-state index contributed by atoms with van der Waals surface area (Å²) in [5.74, 6) is 1.47. The molecule has 0 saturated carbocycles. The van der Waals surface area contributed by atoms with Crippen molar-refractivity contribution >= 4 is 28.9 Å². The van der Waals surface area contributed by atoms with Gasteiger partial charge < -0.3 is 14.8 Å². The molecule has 0 aromatic heterocycles. The number of hydrogen-bond acceptors (Lipinski definition) is 3. The predicted molar refractivity (Wildman–Crippen MR) is 88.0 cm³/mol. The third kappa shape index (κ3) is 4.45. The molecule has 2 aromatic carbocycles. The molecule has 1 N–H and O–H groups in total. The topological polar surface area (TPSA) is 30.5 Å². The van der Waals surface area contributed by atoms with Crippen LogP contribution in [0.3, 0.4) is 0 Å². The maximum atomic E-state index is 5.97. The highest BCUT2D eigenvalue weighted by Gasteiger charge is 2.05. The van der Waals surface area contributed by atoms with Crippen molar-refractivity contribution in [1.29, 1.82) is 0 Å². The smallest absolute Gasteiger partial charge is 0.161 e. The lowest BCUT2D eigenvalue weighted by Crippen LogP contribution is -2.01. The first-order chi connectivity index (χ1) is 10.1. The SMILES string of the molecule is CCOc1ccc(CNc2cc(Cl)cc(Cl)c2)cc1OC. The van der Waals surface area contributed by atoms with E-state index < -0.39 is 0 Å². The van der Waals surface area contributed by atoms with E-state index in [0.717, 1.165) is 22.7 Å². The monoisotopic (exact) mass is 325 g/mol. The second-order valence-corrected chi connectivity index (χ2v) is 5.30. The van der Waals surface area contributed by atoms with Gasteiger partial charge in [0.15, 0.2) is 11.5 Å². The molecule has 0 fully saturated rings. The Hall–Kier alpha value is -1.58. The lowest BCUT2D eigenvalue weighted by Gasteiger charge is -2.12. The average Bonchev–Trinajstić information content (AvgIpc) is 2.45. The Kier molecular flexibility index (Phi) is 5.59. The second-order valence-electron chi connectivity index (χ2n) is 4.43. The molecule has 0 amide bonds. The highest BCUT2D eigenvalue weighted by Crippen LogP contribution is 2.29. The van der Waals surface area contributed by atoms with Crippen LogP contribution in [-0.4, -0.2) is 13.7 Å². The van der Waals surface area contributed by atoms with Crippen molar-refractivity contribution in [3.05, 3.63) is 52.0 Å². The molecule has 0 aliphatic rings. The van der Waals surface area contributed by atoms with Gasteiger partial charge in [-0.2, -0.15) is 0 Å². The zero-order chi connectivity index (χ0) is 15.2. The number of anilines is 1. The standard InChI is InChI=1S/C16H17Cl2NO2/c1-3-21-15-5-4-11(6-16(15)20-2)10-19-14-8-12(17)7-13(18)9-14/h4-9,19H,3,10H2,1-2H3. The second kappa shape index (κ2) is 7.43. The van der Waals surface area contributed by atoms with Gasteiger partial charge in [0.1, 0.15) is 0 Å². The van der Waals surface area contributed by atoms with Crippen molar-refractivity contribution in [2.24, 2.45) is 0 Å². The van der Waals surface area contributed by atoms with E-state index in [1.165, 1.54) is 0 Å². The van der Waals surface area contributed by atoms with Crippen LogP contribution in [0, 0.1) is 0 Å². The van der Waals surface area contributed by atoms with Gasteiger partial charge in [0.2, 0.25) is 0 Å². The minimum Gasteiger partial charge on any atom is -0.493 e. The normalized spacial score (nSPS) is 10.3. The molecule has 0 saturated heterocycles. The van der Waals surface area contributed by atoms with E-state index in [1.54, 1.807) is 13.2 Å². The van der Waals surface area contributed by atoms with E-state index in [-0.39, 0.29) is 0 Å². The third-order valence-electron chi connectivity index (χ3n) is 2.89. The van der Waals surface area contributed by atoms with E-state index in [0.29, 0.717) is 23.2 Å². The highest BCUT2D eigenvalue weighted by molar-refractivity contribution is 6.35. The van der Waals surface area contributed by atoms with Gasteiger partial charge in [-0.3, -0.25) is 0 Å². The van der Waals surface area contributed by atoms with Crippen molar-refractivity contribution in [3.8, 4) is 11.5 Å². The molecule has 0 atom stereocenters. The summed E-state index contributed by atoms with van der Waals surface area (Å²) in [5, 5.41) is 4.49. The first-order valence-corrected chi connectivity index (χ1v) is 7.37. The molecule has 0 aliphatic heterocycles. The zero-order valence-electron chi connectivity index (χ0n) is 12.0. The van der Waals surface area contributed by atoms with Crippen molar-refractivity contribution < 1.29 is 9.47 Å². The Labute approximate surface area is 134 Å². The fourth-order valence-corrected chi connectivity index (χ4v) is 2.48. The Balaban J connectivity index is 2.09. The van der Waals surface area contributed by atoms with Crippen LogP contribution in [0.4, 0.5) is 5.69 Å². The van der Waals surface area contributed by atoms with Gasteiger partial charge in [-0.15, -0.1) is 0 Å². The lowest BCUT2D eigenvalue weighted by molar-refractivity contribution is 0.310. The molecule has 2 aromatic rings. The summed E-state index contributed by atoms with van der Waals surface area (Å²) in [6.45, 7) is 3.19. The Morgan fingerprint density at radius 1 is 1.00 bits per heavy atom. The highest BCUT2D eigenvalue weighted by atomic mass is 35.5. The van der Waals surface area contributed by atoms with Crippen LogP contribution in [0.5, 0.6) is 11.5 Å². The van der Waals surface area contributed by atoms with E-state index in [1.807, 2.05) is 37.3 Å². The van der Waals surface area contributed by atoms with Crippen LogP contribution in [-0.2, 0) is 6.54 Å². The van der Waals surface area contributed by atoms with Crippen molar-refractivity contribution in [2.45, 2.75) is 13.5 Å². The molecule has 0 spiro atoms. The summed E-state index contributed by atoms with van der Waals surface area (Å²) in [6.07, 6.45) is 0. The third-order valence-corrected chi connectivity index (χ3v) is 3.32. The summed E-state index contributed by atoms with van der Waals surface area (Å²) in [4.78, 5) is 0. The average molecular weight is 326 g/mol. The van der Waals surface area contributed by atoms with Crippen LogP contribution in [0.15, 0.2) is 36.4 Å². The summed E-state index contributed by atoms with van der Waals surface area (Å²) in [7, 11) is 1.63. The van der Waals surface area contributed by atoms with Gasteiger partial charge in [-0.05, 0) is 42.8 Å². The number of nitrogens with one attached hydrogen (secondary N) is 1. The minimum absolute atomic E-state index is 0.606. The molecule has 3 nitrogen and oxygen atoms in total. The van der Waals surface area contributed by atoms with E-state index in [9.17, 15) is 0 Å². The fraction of sp³-hybridized carbons (Fsp3) is 0.250. The number of ether oxygens (including phenoxy) is 2. The van der Waals surface area contributed by atoms with Gasteiger partial charge in [0, 0.05) is 22.3 Å². The van der Waals surface area contributed by atoms with Crippen LogP contribution in [0.2, 0.25) is 10.0 Å². The largest absolute Gasteiger partial charge is 0.493 e. The van der Waals surface area contributed by atoms with Crippen molar-refractivity contribution in [2.75, 3.05) is 19.0 Å². The van der Waals surface area contributed by atoms with Gasteiger partial charge in [0.25, 0.3) is 0 Å². The number of rotatable bonds is 6. The van der Waals surface area contributed by atoms with Gasteiger partial charge in [-0.25, -0.2) is 0 Å². The van der Waals surface area contributed by atoms with Crippen LogP contribution in [0.1, 0.15) is 12.5 Å². The number of hydrogen-bond donors (Lipinski definition) is 1. The summed E-state index contributed by atoms with van der Waals surface area (Å²) in [6, 6.07) is 11.2. The van der Waals surface area contributed by atoms with Gasteiger partial charge >= 0.3 is 0 Å². The predicted octanol–water partition coefficient (Wildman–Crippen LogP) is 5.01. The summed E-state index contributed by atoms with van der Waals surface area (Å²) >= 11 is 11.9. The first kappa shape index (κ1) is 15.8. The number of benzene rings is 2. The summed E-state index contributed by atoms with van der Waals surface area (Å²) in [5.41, 5.74) is 1.95. The quantitative estimate of drug-likeness (QED) is 0.809. The Morgan fingerprint density at radius 3 is 2.33 bits per heavy atom. The van der Waals surface area contributed by atoms with E-state index in [4.69, 9.17) is 32.7 Å². The molecule has 0 bridgehead atoms. The maximum Gasteiger partial charge on any atom is 0.161 e. The van der Waals surface area contributed by atoms with E-state index >= 15 is 0 Å². The molecular weight excluding hydrogens is 309 g/mol. The summed E-state index contributed by atoms with van der Waals surface area (Å²) < 4.78 is 10.8. The lowest BCUT2D eigenvalue weighted by atomic mass is 10.2. The maximum absolute atomic E-state index is 5.97. The van der Waals surface area contributed by atoms with E-state index in [2.05, 4.69) is 5.32 Å². The van der Waals surface area contributed by atoms with Gasteiger partial charge in [0.05, 0.1) is 13.7 Å². The molecule has 5 heteroatoms. The van der Waals surface area contributed by atoms with Crippen LogP contribution >= 0.6 is 23.2 Å². The first-order valence-electron chi connectivity index (χ1n) is 6.62. The molecule has 112 valence electrons. The molecule has 0 aliphatic carbocycles. The molecule has 2 rings (SSSR count). The Bertz CT molecular complexity index is 597. The minimum atomic E-state index is 0.606. The van der Waals surface area contributed by atoms with Gasteiger partial charge in [-0.1, -0.05) is 29.3 Å². The van der Waals surface area contributed by atoms with Crippen molar-refractivity contribution in [3.63, 3.8) is 0 Å². The van der Waals surface area contributed by atoms with Crippen molar-refractivity contribution in [1.82, 2.24) is 0 Å². The molecule has 0 heterocycles.